The van der Waals surface area contributed by atoms with E-state index in [4.69, 9.17) is 22.9 Å². The van der Waals surface area contributed by atoms with E-state index in [0.29, 0.717) is 0 Å². The molecule has 2 saturated heterocycles. The molecule has 2 heterocycles. The Kier molecular flexibility index (Phi) is 31.5. The summed E-state index contributed by atoms with van der Waals surface area (Å²) >= 11 is 0. The van der Waals surface area contributed by atoms with E-state index in [1.165, 1.54) is 20.8 Å². The van der Waals surface area contributed by atoms with Gasteiger partial charge in [-0.05, 0) is 70.6 Å². The number of aliphatic hydroxyl groups is 3. The molecule has 0 spiro atoms. The standard InChI is InChI=1S/C50H82N16O20/c1-24(2)39(47(84)61-30(12-15-38(75)76)49(86)66-18-6-8-33(66)45(82)63-32(23-70)44(81)57-26(20-67)21-68)64-46(83)34-9-5-17-65(34)48(85)25(3)56-43(80)31(22-69)62-42(79)29(11-14-37(73)74)60-41(78)28(10-13-35(52)71)59-40(77)27(58-36(72)19-51)7-4-16-55-50(53)54/h20,24-34,39,68-70H,4-19,21-23,51H2,1-3H3,(H2,52,71)(H,56,80)(H,57,81)(H,58,72)(H,59,77)(H,60,78)(H,61,84)(H,62,79)(H,63,82)(H,64,83)(H,73,74)(H,75,76)(H4,53,54,55)/t25-,26+,27-,28-,29-,30-,31-,32-,33-,34-,39-/m0/s1. The predicted molar refractivity (Wildman–Crippen MR) is 296 cm³/mol. The first-order valence-corrected chi connectivity index (χ1v) is 27.6. The average Bonchev–Trinajstić information content (AvgIpc) is 2.72. The van der Waals surface area contributed by atoms with Crippen LogP contribution in [-0.2, 0) is 71.9 Å². The highest BCUT2D eigenvalue weighted by Crippen LogP contribution is 2.22. The molecule has 86 heavy (non-hydrogen) atoms. The van der Waals surface area contributed by atoms with E-state index < -0.39 is 220 Å². The lowest BCUT2D eigenvalue weighted by Crippen LogP contribution is -2.61. The normalized spacial score (nSPS) is 17.7. The first kappa shape index (κ1) is 73.5. The average molecular weight is 1230 g/mol. The zero-order chi connectivity index (χ0) is 65.0. The Bertz CT molecular complexity index is 2480. The highest BCUT2D eigenvalue weighted by molar-refractivity contribution is 5.99. The molecule has 0 aromatic carbocycles. The molecule has 0 bridgehead atoms. The molecular weight excluding hydrogens is 1140 g/mol. The summed E-state index contributed by atoms with van der Waals surface area (Å²) in [5, 5.41) is 69.3. The molecule has 11 atom stereocenters. The van der Waals surface area contributed by atoms with Crippen molar-refractivity contribution >= 4 is 95.1 Å². The Labute approximate surface area is 493 Å². The number of hydrogen-bond donors (Lipinski definition) is 18. The number of carboxylic acids is 2. The number of likely N-dealkylation sites (tertiary alicyclic amines) is 2. The molecule has 12 amide bonds. The lowest BCUT2D eigenvalue weighted by Gasteiger charge is -2.32. The fraction of sp³-hybridized carbons (Fsp3) is 0.680. The number of carbonyl (C=O) groups is 15. The Morgan fingerprint density at radius 3 is 1.44 bits per heavy atom. The minimum Gasteiger partial charge on any atom is -0.481 e. The van der Waals surface area contributed by atoms with Gasteiger partial charge in [-0.2, -0.15) is 0 Å². The van der Waals surface area contributed by atoms with Crippen molar-refractivity contribution in [3.63, 3.8) is 0 Å². The number of hydrogen-bond acceptors (Lipinski definition) is 20. The minimum atomic E-state index is -1.87. The molecule has 0 aromatic heterocycles. The number of aliphatic imine (C=N–C) groups is 1. The second-order valence-corrected chi connectivity index (χ2v) is 20.6. The monoisotopic (exact) mass is 1230 g/mol. The molecular formula is C50H82N16O20. The van der Waals surface area contributed by atoms with Crippen LogP contribution in [0.25, 0.3) is 0 Å². The quantitative estimate of drug-likeness (QED) is 0.0118. The van der Waals surface area contributed by atoms with Crippen LogP contribution in [0.4, 0.5) is 0 Å². The molecule has 0 aliphatic carbocycles. The number of aliphatic hydroxyl groups excluding tert-OH is 3. The Balaban J connectivity index is 2.26. The van der Waals surface area contributed by atoms with E-state index in [1.54, 1.807) is 0 Å². The summed E-state index contributed by atoms with van der Waals surface area (Å²) in [6.07, 6.45) is -2.55. The maximum absolute atomic E-state index is 14.1. The van der Waals surface area contributed by atoms with Gasteiger partial charge in [-0.1, -0.05) is 13.8 Å². The van der Waals surface area contributed by atoms with Gasteiger partial charge >= 0.3 is 11.9 Å². The number of aldehydes is 1. The van der Waals surface area contributed by atoms with Crippen LogP contribution >= 0.6 is 0 Å². The van der Waals surface area contributed by atoms with Gasteiger partial charge in [0.15, 0.2) is 5.96 Å². The van der Waals surface area contributed by atoms with Gasteiger partial charge in [0.05, 0.1) is 26.4 Å². The van der Waals surface area contributed by atoms with Gasteiger partial charge in [0.2, 0.25) is 70.9 Å². The van der Waals surface area contributed by atoms with Crippen molar-refractivity contribution in [2.24, 2.45) is 33.8 Å². The number of amides is 12. The van der Waals surface area contributed by atoms with E-state index in [-0.39, 0.29) is 70.4 Å². The molecule has 2 rings (SSSR count). The van der Waals surface area contributed by atoms with Gasteiger partial charge in [0.1, 0.15) is 72.7 Å². The number of nitrogens with two attached hydrogens (primary N) is 4. The number of rotatable bonds is 38. The molecule has 2 aliphatic heterocycles. The van der Waals surface area contributed by atoms with E-state index in [0.717, 1.165) is 9.80 Å². The van der Waals surface area contributed by atoms with Crippen molar-refractivity contribution in [3.05, 3.63) is 0 Å². The number of carboxylic acid groups (broad SMARTS) is 2. The Morgan fingerprint density at radius 1 is 0.535 bits per heavy atom. The van der Waals surface area contributed by atoms with Gasteiger partial charge in [0.25, 0.3) is 0 Å². The second-order valence-electron chi connectivity index (χ2n) is 20.6. The first-order chi connectivity index (χ1) is 40.5. The van der Waals surface area contributed by atoms with Crippen molar-refractivity contribution < 1.29 is 97.5 Å². The number of carbonyl (C=O) groups excluding carboxylic acids is 13. The molecule has 22 N–H and O–H groups in total. The summed E-state index contributed by atoms with van der Waals surface area (Å²) in [4.78, 5) is 201. The summed E-state index contributed by atoms with van der Waals surface area (Å²) in [7, 11) is 0. The molecule has 2 aliphatic rings. The zero-order valence-electron chi connectivity index (χ0n) is 48.0. The minimum absolute atomic E-state index is 0.0353. The van der Waals surface area contributed by atoms with Gasteiger partial charge in [0, 0.05) is 38.9 Å². The molecule has 2 fully saturated rings. The van der Waals surface area contributed by atoms with Crippen LogP contribution in [0.2, 0.25) is 0 Å². The number of primary amides is 1. The van der Waals surface area contributed by atoms with E-state index >= 15 is 0 Å². The molecule has 36 heteroatoms. The lowest BCUT2D eigenvalue weighted by atomic mass is 10.0. The molecule has 0 saturated carbocycles. The number of guanidine groups is 1. The van der Waals surface area contributed by atoms with E-state index in [1.807, 2.05) is 0 Å². The SMILES string of the molecule is CC(C)[C@H](NC(=O)[C@@H]1CCCN1C(=O)[C@H](C)NC(=O)[C@H](CO)NC(=O)[C@H](CCC(=O)O)NC(=O)[C@H](CCC(N)=O)NC(=O)[C@H](CCCN=C(N)N)NC(=O)CN)C(=O)N[C@@H](CCC(=O)O)C(=O)N1CCC[C@H]1C(=O)N[C@@H](CO)C(=O)N[C@H](C=O)CO. The highest BCUT2D eigenvalue weighted by Gasteiger charge is 2.42. The van der Waals surface area contributed by atoms with Crippen LogP contribution in [-0.4, -0.2) is 243 Å². The van der Waals surface area contributed by atoms with Gasteiger partial charge in [-0.3, -0.25) is 72.1 Å². The van der Waals surface area contributed by atoms with E-state index in [9.17, 15) is 97.5 Å². The molecule has 0 radical (unpaired) electrons. The lowest BCUT2D eigenvalue weighted by molar-refractivity contribution is -0.144. The van der Waals surface area contributed by atoms with Gasteiger partial charge < -0.3 is 111 Å². The van der Waals surface area contributed by atoms with Crippen LogP contribution in [0.3, 0.4) is 0 Å². The molecule has 0 unspecified atom stereocenters. The first-order valence-electron chi connectivity index (χ1n) is 27.6. The highest BCUT2D eigenvalue weighted by atomic mass is 16.4. The second kappa shape index (κ2) is 36.9. The Morgan fingerprint density at radius 2 is 0.977 bits per heavy atom. The fourth-order valence-electron chi connectivity index (χ4n) is 9.00. The van der Waals surface area contributed by atoms with Crippen LogP contribution in [0, 0.1) is 5.92 Å². The molecule has 36 nitrogen and oxygen atoms in total. The van der Waals surface area contributed by atoms with Crippen LogP contribution in [0.1, 0.15) is 97.8 Å². The summed E-state index contributed by atoms with van der Waals surface area (Å²) in [6, 6.07) is -16.6. The van der Waals surface area contributed by atoms with Crippen LogP contribution in [0.5, 0.6) is 0 Å². The number of nitrogens with one attached hydrogen (secondary N) is 9. The summed E-state index contributed by atoms with van der Waals surface area (Å²) in [6.45, 7) is 0.869. The third kappa shape index (κ3) is 24.1. The van der Waals surface area contributed by atoms with Gasteiger partial charge in [-0.25, -0.2) is 0 Å². The third-order valence-electron chi connectivity index (χ3n) is 13.6. The smallest absolute Gasteiger partial charge is 0.303 e. The largest absolute Gasteiger partial charge is 0.481 e. The summed E-state index contributed by atoms with van der Waals surface area (Å²) < 4.78 is 0. The molecule has 0 aromatic rings. The maximum atomic E-state index is 14.1. The summed E-state index contributed by atoms with van der Waals surface area (Å²) in [5.41, 5.74) is 21.4. The predicted octanol–water partition coefficient (Wildman–Crippen LogP) is -9.81. The van der Waals surface area contributed by atoms with E-state index in [2.05, 4.69) is 52.8 Å². The van der Waals surface area contributed by atoms with Crippen LogP contribution < -0.4 is 70.8 Å². The van der Waals surface area contributed by atoms with Crippen molar-refractivity contribution in [2.45, 2.75) is 164 Å². The zero-order valence-corrected chi connectivity index (χ0v) is 48.0. The van der Waals surface area contributed by atoms with Gasteiger partial charge in [-0.15, -0.1) is 0 Å². The van der Waals surface area contributed by atoms with Crippen molar-refractivity contribution in [2.75, 3.05) is 46.0 Å². The Hall–Kier alpha value is -8.64. The number of nitrogens with zero attached hydrogens (tertiary/aromatic N) is 3. The van der Waals surface area contributed by atoms with Crippen molar-refractivity contribution in [1.29, 1.82) is 0 Å². The molecule has 482 valence electrons. The van der Waals surface area contributed by atoms with Crippen molar-refractivity contribution in [1.82, 2.24) is 57.7 Å². The topological polar surface area (TPSA) is 588 Å². The van der Waals surface area contributed by atoms with Crippen LogP contribution in [0.15, 0.2) is 4.99 Å². The number of aliphatic carboxylic acids is 2. The third-order valence-corrected chi connectivity index (χ3v) is 13.6. The summed E-state index contributed by atoms with van der Waals surface area (Å²) in [5.74, 6) is -15.4. The van der Waals surface area contributed by atoms with Crippen molar-refractivity contribution in [3.8, 4) is 0 Å². The fourth-order valence-corrected chi connectivity index (χ4v) is 9.00. The maximum Gasteiger partial charge on any atom is 0.303 e.